The molecule has 7 nitrogen and oxygen atoms in total. The second kappa shape index (κ2) is 8.06. The molecule has 146 valence electrons. The van der Waals surface area contributed by atoms with Crippen molar-refractivity contribution in [1.29, 1.82) is 0 Å². The Hall–Kier alpha value is -2.17. The van der Waals surface area contributed by atoms with Crippen LogP contribution in [0.25, 0.3) is 0 Å². The van der Waals surface area contributed by atoms with Crippen molar-refractivity contribution < 1.29 is 8.42 Å². The van der Waals surface area contributed by atoms with Crippen molar-refractivity contribution in [1.82, 2.24) is 9.97 Å². The van der Waals surface area contributed by atoms with Gasteiger partial charge in [0.2, 0.25) is 5.95 Å². The molecule has 0 spiro atoms. The summed E-state index contributed by atoms with van der Waals surface area (Å²) in [5, 5.41) is 0. The predicted molar refractivity (Wildman–Crippen MR) is 116 cm³/mol. The molecule has 1 aliphatic heterocycles. The normalized spacial score (nSPS) is 14.9. The minimum atomic E-state index is -3.63. The molecule has 0 radical (unpaired) electrons. The van der Waals surface area contributed by atoms with E-state index in [0.717, 1.165) is 41.3 Å². The lowest BCUT2D eigenvalue weighted by atomic mass is 10.2. The second-order valence-corrected chi connectivity index (χ2v) is 10.6. The molecule has 2 aromatic heterocycles. The first-order chi connectivity index (χ1) is 13.5. The molecule has 0 amide bonds. The van der Waals surface area contributed by atoms with Gasteiger partial charge in [0.05, 0.1) is 21.9 Å². The van der Waals surface area contributed by atoms with Crippen LogP contribution < -0.4 is 14.5 Å². The van der Waals surface area contributed by atoms with Gasteiger partial charge in [-0.15, -0.1) is 11.3 Å². The molecular formula is C18H18BrN5O2S2. The maximum Gasteiger partial charge on any atom is 0.271 e. The molecule has 4 rings (SSSR count). The van der Waals surface area contributed by atoms with Crippen LogP contribution in [0.4, 0.5) is 17.3 Å². The van der Waals surface area contributed by atoms with E-state index in [9.17, 15) is 8.42 Å². The Bertz CT molecular complexity index is 1030. The summed E-state index contributed by atoms with van der Waals surface area (Å²) in [4.78, 5) is 13.1. The van der Waals surface area contributed by atoms with Crippen molar-refractivity contribution in [2.24, 2.45) is 0 Å². The van der Waals surface area contributed by atoms with Crippen LogP contribution in [-0.2, 0) is 10.0 Å². The molecule has 0 aliphatic carbocycles. The number of nitrogens with zero attached hydrogens (tertiary/aromatic N) is 4. The van der Waals surface area contributed by atoms with Gasteiger partial charge in [0, 0.05) is 31.9 Å². The van der Waals surface area contributed by atoms with Crippen LogP contribution in [0, 0.1) is 0 Å². The summed E-state index contributed by atoms with van der Waals surface area (Å²) < 4.78 is 28.3. The average molecular weight is 480 g/mol. The van der Waals surface area contributed by atoms with E-state index in [1.54, 1.807) is 12.1 Å². The number of hydrogen-bond donors (Lipinski definition) is 1. The van der Waals surface area contributed by atoms with E-state index >= 15 is 0 Å². The maximum absolute atomic E-state index is 12.4. The number of hydrogen-bond acceptors (Lipinski definition) is 7. The summed E-state index contributed by atoms with van der Waals surface area (Å²) in [6.45, 7) is 3.39. The Morgan fingerprint density at radius 1 is 0.929 bits per heavy atom. The summed E-state index contributed by atoms with van der Waals surface area (Å²) in [5.74, 6) is 0.606. The molecule has 1 saturated heterocycles. The van der Waals surface area contributed by atoms with Gasteiger partial charge < -0.3 is 9.80 Å². The van der Waals surface area contributed by atoms with E-state index in [0.29, 0.717) is 11.6 Å². The molecule has 10 heteroatoms. The third kappa shape index (κ3) is 4.29. The molecule has 0 unspecified atom stereocenters. The summed E-state index contributed by atoms with van der Waals surface area (Å²) in [7, 11) is -3.63. The Kier molecular flexibility index (Phi) is 5.51. The zero-order valence-corrected chi connectivity index (χ0v) is 18.0. The molecular weight excluding hydrogens is 462 g/mol. The summed E-state index contributed by atoms with van der Waals surface area (Å²) in [6, 6.07) is 13.6. The van der Waals surface area contributed by atoms with E-state index in [-0.39, 0.29) is 4.21 Å². The number of anilines is 3. The number of rotatable bonds is 5. The molecule has 1 aliphatic rings. The molecule has 3 aromatic rings. The number of nitrogens with one attached hydrogen (secondary N) is 1. The van der Waals surface area contributed by atoms with Crippen molar-refractivity contribution in [2.75, 3.05) is 40.7 Å². The van der Waals surface area contributed by atoms with Gasteiger partial charge in [-0.25, -0.2) is 18.4 Å². The van der Waals surface area contributed by atoms with Crippen LogP contribution in [0.1, 0.15) is 0 Å². The highest BCUT2D eigenvalue weighted by Crippen LogP contribution is 2.27. The van der Waals surface area contributed by atoms with Crippen LogP contribution in [0.15, 0.2) is 62.9 Å². The molecule has 1 fully saturated rings. The van der Waals surface area contributed by atoms with E-state index in [4.69, 9.17) is 0 Å². The first-order valence-electron chi connectivity index (χ1n) is 8.66. The van der Waals surface area contributed by atoms with Crippen LogP contribution in [0.2, 0.25) is 0 Å². The SMILES string of the molecule is O=S(=O)(Nc1cnc(N2CCN(c3ccccc3)CC2)nc1)c1ccc(Br)s1. The molecule has 0 bridgehead atoms. The second-order valence-electron chi connectivity index (χ2n) is 6.25. The Balaban J connectivity index is 1.39. The van der Waals surface area contributed by atoms with Crippen molar-refractivity contribution in [3.8, 4) is 0 Å². The van der Waals surface area contributed by atoms with Gasteiger partial charge in [-0.05, 0) is 40.2 Å². The van der Waals surface area contributed by atoms with E-state index in [1.807, 2.05) is 18.2 Å². The van der Waals surface area contributed by atoms with Gasteiger partial charge in [0.1, 0.15) is 4.21 Å². The van der Waals surface area contributed by atoms with Gasteiger partial charge in [-0.1, -0.05) is 18.2 Å². The molecule has 1 N–H and O–H groups in total. The summed E-state index contributed by atoms with van der Waals surface area (Å²) in [5.41, 5.74) is 1.56. The highest BCUT2D eigenvalue weighted by molar-refractivity contribution is 9.11. The van der Waals surface area contributed by atoms with Crippen molar-refractivity contribution in [2.45, 2.75) is 4.21 Å². The topological polar surface area (TPSA) is 78.4 Å². The highest BCUT2D eigenvalue weighted by atomic mass is 79.9. The Morgan fingerprint density at radius 3 is 2.18 bits per heavy atom. The molecule has 3 heterocycles. The first-order valence-corrected chi connectivity index (χ1v) is 11.8. The number of piperazine rings is 1. The fourth-order valence-electron chi connectivity index (χ4n) is 2.99. The highest BCUT2D eigenvalue weighted by Gasteiger charge is 2.20. The smallest absolute Gasteiger partial charge is 0.271 e. The van der Waals surface area contributed by atoms with Crippen molar-refractivity contribution >= 4 is 54.6 Å². The van der Waals surface area contributed by atoms with E-state index < -0.39 is 10.0 Å². The number of benzene rings is 1. The summed E-state index contributed by atoms with van der Waals surface area (Å²) >= 11 is 4.43. The quantitative estimate of drug-likeness (QED) is 0.603. The average Bonchev–Trinajstić information content (AvgIpc) is 3.17. The third-order valence-electron chi connectivity index (χ3n) is 4.39. The number of aromatic nitrogens is 2. The summed E-state index contributed by atoms with van der Waals surface area (Å²) in [6.07, 6.45) is 3.01. The molecule has 1 aromatic carbocycles. The van der Waals surface area contributed by atoms with Gasteiger partial charge in [-0.2, -0.15) is 0 Å². The van der Waals surface area contributed by atoms with Crippen LogP contribution in [-0.4, -0.2) is 44.6 Å². The van der Waals surface area contributed by atoms with Crippen LogP contribution >= 0.6 is 27.3 Å². The third-order valence-corrected chi connectivity index (χ3v) is 7.88. The lowest BCUT2D eigenvalue weighted by Crippen LogP contribution is -2.47. The number of sulfonamides is 1. The van der Waals surface area contributed by atoms with Crippen molar-refractivity contribution in [3.63, 3.8) is 0 Å². The fourth-order valence-corrected chi connectivity index (χ4v) is 6.03. The largest absolute Gasteiger partial charge is 0.368 e. The Morgan fingerprint density at radius 2 is 1.57 bits per heavy atom. The monoisotopic (exact) mass is 479 g/mol. The maximum atomic E-state index is 12.4. The zero-order valence-electron chi connectivity index (χ0n) is 14.8. The molecule has 0 saturated carbocycles. The van der Waals surface area contributed by atoms with Gasteiger partial charge >= 0.3 is 0 Å². The lowest BCUT2D eigenvalue weighted by Gasteiger charge is -2.36. The molecule has 0 atom stereocenters. The standard InChI is InChI=1S/C18H18BrN5O2S2/c19-16-6-7-17(27-16)28(25,26)22-14-12-20-18(21-13-14)24-10-8-23(9-11-24)15-4-2-1-3-5-15/h1-7,12-13,22H,8-11H2. The van der Waals surface area contributed by atoms with Crippen LogP contribution in [0.5, 0.6) is 0 Å². The minimum absolute atomic E-state index is 0.237. The molecule has 28 heavy (non-hydrogen) atoms. The van der Waals surface area contributed by atoms with Gasteiger partial charge in [-0.3, -0.25) is 4.72 Å². The number of thiophene rings is 1. The van der Waals surface area contributed by atoms with Gasteiger partial charge in [0.25, 0.3) is 10.0 Å². The van der Waals surface area contributed by atoms with E-state index in [2.05, 4.69) is 52.6 Å². The lowest BCUT2D eigenvalue weighted by molar-refractivity contribution is 0.603. The first kappa shape index (κ1) is 19.2. The predicted octanol–water partition coefficient (Wildman–Crippen LogP) is 3.43. The van der Waals surface area contributed by atoms with Crippen molar-refractivity contribution in [3.05, 3.63) is 58.6 Å². The fraction of sp³-hybridized carbons (Fsp3) is 0.222. The van der Waals surface area contributed by atoms with E-state index in [1.165, 1.54) is 18.1 Å². The van der Waals surface area contributed by atoms with Crippen LogP contribution in [0.3, 0.4) is 0 Å². The van der Waals surface area contributed by atoms with Gasteiger partial charge in [0.15, 0.2) is 0 Å². The number of para-hydroxylation sites is 1. The Labute approximate surface area is 176 Å². The zero-order chi connectivity index (χ0) is 19.6. The number of halogens is 1. The minimum Gasteiger partial charge on any atom is -0.368 e.